The van der Waals surface area contributed by atoms with Crippen LogP contribution in [0.4, 0.5) is 0 Å². The lowest BCUT2D eigenvalue weighted by molar-refractivity contribution is -0.143. The van der Waals surface area contributed by atoms with E-state index in [9.17, 15) is 9.90 Å². The fourth-order valence-electron chi connectivity index (χ4n) is 3.51. The number of likely N-dealkylation sites (tertiary alicyclic amines) is 1. The average molecular weight is 345 g/mol. The average Bonchev–Trinajstić information content (AvgIpc) is 3.16. The number of carboxylic acids is 1. The Kier molecular flexibility index (Phi) is 5.28. The van der Waals surface area contributed by atoms with Gasteiger partial charge in [0, 0.05) is 18.7 Å². The number of methoxy groups -OCH3 is 2. The highest BCUT2D eigenvalue weighted by Gasteiger charge is 2.33. The molecule has 2 aromatic rings. The summed E-state index contributed by atoms with van der Waals surface area (Å²) < 4.78 is 16.7. The summed E-state index contributed by atoms with van der Waals surface area (Å²) in [6.45, 7) is 1.37. The molecule has 1 saturated heterocycles. The van der Waals surface area contributed by atoms with Crippen LogP contribution in [0.1, 0.15) is 30.2 Å². The van der Waals surface area contributed by atoms with Crippen molar-refractivity contribution in [2.75, 3.05) is 27.3 Å². The number of carbonyl (C=O) groups is 1. The van der Waals surface area contributed by atoms with Crippen molar-refractivity contribution in [2.45, 2.75) is 18.9 Å². The van der Waals surface area contributed by atoms with Crippen molar-refractivity contribution >= 4 is 5.97 Å². The molecule has 0 radical (unpaired) electrons. The van der Waals surface area contributed by atoms with E-state index in [-0.39, 0.29) is 12.0 Å². The van der Waals surface area contributed by atoms with Crippen LogP contribution in [0.5, 0.6) is 11.5 Å². The smallest absolute Gasteiger partial charge is 0.306 e. The van der Waals surface area contributed by atoms with Gasteiger partial charge in [-0.25, -0.2) is 0 Å². The van der Waals surface area contributed by atoms with Crippen LogP contribution in [0.2, 0.25) is 0 Å². The van der Waals surface area contributed by atoms with Gasteiger partial charge in [-0.3, -0.25) is 9.69 Å². The molecule has 0 saturated carbocycles. The Morgan fingerprint density at radius 3 is 2.52 bits per heavy atom. The number of hydrogen-bond acceptors (Lipinski definition) is 5. The van der Waals surface area contributed by atoms with Gasteiger partial charge in [0.05, 0.1) is 32.4 Å². The van der Waals surface area contributed by atoms with Gasteiger partial charge in [0.1, 0.15) is 5.76 Å². The predicted octanol–water partition coefficient (Wildman–Crippen LogP) is 3.18. The number of ether oxygens (including phenoxy) is 2. The van der Waals surface area contributed by atoms with Gasteiger partial charge in [-0.1, -0.05) is 12.1 Å². The molecule has 2 heterocycles. The third-order valence-electron chi connectivity index (χ3n) is 4.78. The lowest BCUT2D eigenvalue weighted by Gasteiger charge is -2.36. The molecule has 1 aromatic heterocycles. The fraction of sp³-hybridized carbons (Fsp3) is 0.421. The van der Waals surface area contributed by atoms with Crippen molar-refractivity contribution in [1.29, 1.82) is 0 Å². The Labute approximate surface area is 147 Å². The van der Waals surface area contributed by atoms with Crippen molar-refractivity contribution in [3.8, 4) is 11.5 Å². The van der Waals surface area contributed by atoms with Crippen LogP contribution >= 0.6 is 0 Å². The molecule has 3 rings (SSSR count). The first kappa shape index (κ1) is 17.4. The molecule has 6 nitrogen and oxygen atoms in total. The zero-order chi connectivity index (χ0) is 17.8. The molecule has 1 N–H and O–H groups in total. The Balaban J connectivity index is 1.96. The van der Waals surface area contributed by atoms with Crippen molar-refractivity contribution in [3.05, 3.63) is 47.9 Å². The number of carboxylic acid groups (broad SMARTS) is 1. The third-order valence-corrected chi connectivity index (χ3v) is 4.78. The maximum atomic E-state index is 11.2. The lowest BCUT2D eigenvalue weighted by atomic mass is 9.93. The van der Waals surface area contributed by atoms with E-state index in [1.807, 2.05) is 30.3 Å². The normalized spacial score (nSPS) is 17.2. The summed E-state index contributed by atoms with van der Waals surface area (Å²) in [7, 11) is 3.24. The molecule has 6 heteroatoms. The summed E-state index contributed by atoms with van der Waals surface area (Å²) in [6.07, 6.45) is 2.90. The zero-order valence-corrected chi connectivity index (χ0v) is 14.5. The Bertz CT molecular complexity index is 705. The maximum absolute atomic E-state index is 11.2. The largest absolute Gasteiger partial charge is 0.493 e. The van der Waals surface area contributed by atoms with Gasteiger partial charge in [-0.2, -0.15) is 0 Å². The molecular weight excluding hydrogens is 322 g/mol. The number of aliphatic carboxylic acids is 1. The molecule has 1 unspecified atom stereocenters. The minimum Gasteiger partial charge on any atom is -0.493 e. The fourth-order valence-corrected chi connectivity index (χ4v) is 3.51. The molecule has 1 atom stereocenters. The van der Waals surface area contributed by atoms with Crippen molar-refractivity contribution in [3.63, 3.8) is 0 Å². The van der Waals surface area contributed by atoms with Crippen LogP contribution in [0.25, 0.3) is 0 Å². The quantitative estimate of drug-likeness (QED) is 0.867. The van der Waals surface area contributed by atoms with Crippen molar-refractivity contribution < 1.29 is 23.8 Å². The van der Waals surface area contributed by atoms with Gasteiger partial charge < -0.3 is 19.0 Å². The predicted molar refractivity (Wildman–Crippen MR) is 92.0 cm³/mol. The molecular formula is C19H23NO5. The minimum absolute atomic E-state index is 0.144. The highest BCUT2D eigenvalue weighted by atomic mass is 16.5. The van der Waals surface area contributed by atoms with E-state index in [4.69, 9.17) is 13.9 Å². The van der Waals surface area contributed by atoms with Gasteiger partial charge in [0.25, 0.3) is 0 Å². The maximum Gasteiger partial charge on any atom is 0.306 e. The first-order valence-electron chi connectivity index (χ1n) is 8.36. The van der Waals surface area contributed by atoms with Crippen molar-refractivity contribution in [2.24, 2.45) is 5.92 Å². The summed E-state index contributed by atoms with van der Waals surface area (Å²) in [5, 5.41) is 9.24. The highest BCUT2D eigenvalue weighted by Crippen LogP contribution is 2.41. The van der Waals surface area contributed by atoms with Gasteiger partial charge >= 0.3 is 5.97 Å². The molecule has 0 spiro atoms. The Morgan fingerprint density at radius 1 is 1.20 bits per heavy atom. The first-order chi connectivity index (χ1) is 12.2. The van der Waals surface area contributed by atoms with Gasteiger partial charge in [0.15, 0.2) is 11.5 Å². The summed E-state index contributed by atoms with van der Waals surface area (Å²) in [4.78, 5) is 13.5. The molecule has 1 fully saturated rings. The summed E-state index contributed by atoms with van der Waals surface area (Å²) >= 11 is 0. The van der Waals surface area contributed by atoms with E-state index in [1.54, 1.807) is 20.5 Å². The zero-order valence-electron chi connectivity index (χ0n) is 14.5. The Hall–Kier alpha value is -2.47. The number of piperidine rings is 1. The molecule has 0 amide bonds. The van der Waals surface area contributed by atoms with Gasteiger partial charge in [-0.05, 0) is 31.0 Å². The standard InChI is InChI=1S/C19H23NO5/c1-23-16-6-3-5-14(18(16)24-2)17(15-7-4-12-25-15)20-10-8-13(9-11-20)19(21)22/h3-7,12-13,17H,8-11H2,1-2H3,(H,21,22). The second-order valence-electron chi connectivity index (χ2n) is 6.15. The number of nitrogens with zero attached hydrogens (tertiary/aromatic N) is 1. The van der Waals surface area contributed by atoms with E-state index >= 15 is 0 Å². The molecule has 1 aromatic carbocycles. The molecule has 1 aliphatic rings. The highest BCUT2D eigenvalue weighted by molar-refractivity contribution is 5.70. The molecule has 25 heavy (non-hydrogen) atoms. The number of hydrogen-bond donors (Lipinski definition) is 1. The molecule has 134 valence electrons. The van der Waals surface area contributed by atoms with E-state index < -0.39 is 5.97 Å². The molecule has 0 aliphatic carbocycles. The topological polar surface area (TPSA) is 72.1 Å². The molecule has 1 aliphatic heterocycles. The van der Waals surface area contributed by atoms with Crippen LogP contribution in [0.15, 0.2) is 41.0 Å². The van der Waals surface area contributed by atoms with Crippen LogP contribution < -0.4 is 9.47 Å². The van der Waals surface area contributed by atoms with Gasteiger partial charge in [-0.15, -0.1) is 0 Å². The SMILES string of the molecule is COc1cccc(C(c2ccco2)N2CCC(C(=O)O)CC2)c1OC. The third kappa shape index (κ3) is 3.49. The Morgan fingerprint density at radius 2 is 1.96 bits per heavy atom. The van der Waals surface area contributed by atoms with E-state index in [0.29, 0.717) is 37.4 Å². The summed E-state index contributed by atoms with van der Waals surface area (Å²) in [6, 6.07) is 9.44. The van der Waals surface area contributed by atoms with E-state index in [2.05, 4.69) is 4.90 Å². The van der Waals surface area contributed by atoms with E-state index in [0.717, 1.165) is 11.3 Å². The van der Waals surface area contributed by atoms with Gasteiger partial charge in [0.2, 0.25) is 0 Å². The number of furan rings is 1. The number of para-hydroxylation sites is 1. The summed E-state index contributed by atoms with van der Waals surface area (Å²) in [5.41, 5.74) is 0.950. The van der Waals surface area contributed by atoms with Crippen LogP contribution in [0.3, 0.4) is 0 Å². The lowest BCUT2D eigenvalue weighted by Crippen LogP contribution is -2.39. The second kappa shape index (κ2) is 7.61. The number of rotatable bonds is 6. The molecule has 0 bridgehead atoms. The van der Waals surface area contributed by atoms with E-state index in [1.165, 1.54) is 0 Å². The van der Waals surface area contributed by atoms with Crippen LogP contribution in [0, 0.1) is 5.92 Å². The van der Waals surface area contributed by atoms with Crippen molar-refractivity contribution in [1.82, 2.24) is 4.90 Å². The minimum atomic E-state index is -0.715. The number of benzene rings is 1. The first-order valence-corrected chi connectivity index (χ1v) is 8.36. The van der Waals surface area contributed by atoms with Crippen LogP contribution in [-0.4, -0.2) is 43.3 Å². The monoisotopic (exact) mass is 345 g/mol. The summed E-state index contributed by atoms with van der Waals surface area (Å²) in [5.74, 6) is 1.15. The second-order valence-corrected chi connectivity index (χ2v) is 6.15. The van der Waals surface area contributed by atoms with Crippen LogP contribution in [-0.2, 0) is 4.79 Å².